The van der Waals surface area contributed by atoms with Gasteiger partial charge in [-0.2, -0.15) is 17.6 Å². The lowest BCUT2D eigenvalue weighted by Gasteiger charge is -2.18. The summed E-state index contributed by atoms with van der Waals surface area (Å²) in [6, 6.07) is 0.000485. The molecule has 1 atom stereocenters. The van der Waals surface area contributed by atoms with E-state index in [0.29, 0.717) is 25.3 Å². The number of hydrogen-bond donors (Lipinski definition) is 2. The predicted molar refractivity (Wildman–Crippen MR) is 74.2 cm³/mol. The first kappa shape index (κ1) is 14.3. The summed E-state index contributed by atoms with van der Waals surface area (Å²) in [6.07, 6.45) is 2.18. The highest BCUT2D eigenvalue weighted by molar-refractivity contribution is 7.80. The molecule has 0 aliphatic carbocycles. The van der Waals surface area contributed by atoms with Crippen molar-refractivity contribution >= 4 is 36.0 Å². The molecule has 2 heterocycles. The Morgan fingerprint density at radius 1 is 1.68 bits per heavy atom. The topological polar surface area (TPSA) is 58.1 Å². The molecular weight excluding hydrogens is 291 g/mol. The molecule has 0 bridgehead atoms. The number of thiol groups is 1. The SMILES string of the molecule is O=C(CCS)NC1CCN(c2nc(Cl)ncc2F)C1. The van der Waals surface area contributed by atoms with Crippen LogP contribution in [0, 0.1) is 5.82 Å². The van der Waals surface area contributed by atoms with Crippen LogP contribution in [0.3, 0.4) is 0 Å². The molecule has 1 aromatic rings. The van der Waals surface area contributed by atoms with Gasteiger partial charge in [0.25, 0.3) is 0 Å². The molecule has 104 valence electrons. The van der Waals surface area contributed by atoms with E-state index in [1.54, 1.807) is 4.90 Å². The van der Waals surface area contributed by atoms with Crippen molar-refractivity contribution in [3.8, 4) is 0 Å². The second-order valence-corrected chi connectivity index (χ2v) is 5.07. The van der Waals surface area contributed by atoms with Gasteiger partial charge in [-0.15, -0.1) is 0 Å². The maximum Gasteiger partial charge on any atom is 0.224 e. The quantitative estimate of drug-likeness (QED) is 0.650. The number of amides is 1. The first-order valence-electron chi connectivity index (χ1n) is 5.93. The smallest absolute Gasteiger partial charge is 0.224 e. The van der Waals surface area contributed by atoms with Gasteiger partial charge in [0.2, 0.25) is 11.2 Å². The normalized spacial score (nSPS) is 18.7. The fraction of sp³-hybridized carbons (Fsp3) is 0.545. The van der Waals surface area contributed by atoms with Crippen LogP contribution in [-0.4, -0.2) is 40.8 Å². The lowest BCUT2D eigenvalue weighted by Crippen LogP contribution is -2.37. The number of rotatable bonds is 4. The maximum atomic E-state index is 13.6. The first-order valence-corrected chi connectivity index (χ1v) is 6.94. The van der Waals surface area contributed by atoms with E-state index in [0.717, 1.165) is 12.6 Å². The van der Waals surface area contributed by atoms with Crippen molar-refractivity contribution in [2.24, 2.45) is 0 Å². The highest BCUT2D eigenvalue weighted by Crippen LogP contribution is 2.22. The molecule has 0 spiro atoms. The third kappa shape index (κ3) is 3.70. The van der Waals surface area contributed by atoms with Crippen molar-refractivity contribution in [1.82, 2.24) is 15.3 Å². The van der Waals surface area contributed by atoms with Gasteiger partial charge in [-0.25, -0.2) is 9.37 Å². The van der Waals surface area contributed by atoms with Crippen LogP contribution in [0.5, 0.6) is 0 Å². The van der Waals surface area contributed by atoms with Crippen molar-refractivity contribution in [2.75, 3.05) is 23.7 Å². The Morgan fingerprint density at radius 2 is 2.47 bits per heavy atom. The first-order chi connectivity index (χ1) is 9.10. The molecule has 5 nitrogen and oxygen atoms in total. The minimum absolute atomic E-state index is 0.000485. The van der Waals surface area contributed by atoms with E-state index in [1.165, 1.54) is 0 Å². The fourth-order valence-corrected chi connectivity index (χ4v) is 2.36. The minimum Gasteiger partial charge on any atom is -0.352 e. The standard InChI is InChI=1S/C11H14ClFN4OS/c12-11-14-5-8(13)10(16-11)17-3-1-7(6-17)15-9(18)2-4-19/h5,7,19H,1-4,6H2,(H,15,18). The maximum absolute atomic E-state index is 13.6. The highest BCUT2D eigenvalue weighted by atomic mass is 35.5. The Labute approximate surface area is 121 Å². The lowest BCUT2D eigenvalue weighted by atomic mass is 10.2. The summed E-state index contributed by atoms with van der Waals surface area (Å²) in [6.45, 7) is 1.14. The minimum atomic E-state index is -0.508. The molecule has 1 N–H and O–H groups in total. The van der Waals surface area contributed by atoms with Gasteiger partial charge in [0.15, 0.2) is 11.6 Å². The van der Waals surface area contributed by atoms with Gasteiger partial charge in [-0.3, -0.25) is 4.79 Å². The van der Waals surface area contributed by atoms with Crippen LogP contribution in [0.1, 0.15) is 12.8 Å². The van der Waals surface area contributed by atoms with E-state index in [-0.39, 0.29) is 23.1 Å². The Kier molecular flexibility index (Phi) is 4.81. The van der Waals surface area contributed by atoms with Crippen molar-refractivity contribution in [3.05, 3.63) is 17.3 Å². The van der Waals surface area contributed by atoms with Crippen LogP contribution >= 0.6 is 24.2 Å². The van der Waals surface area contributed by atoms with Crippen molar-refractivity contribution in [1.29, 1.82) is 0 Å². The molecule has 1 unspecified atom stereocenters. The van der Waals surface area contributed by atoms with Crippen LogP contribution < -0.4 is 10.2 Å². The Hall–Kier alpha value is -1.08. The Balaban J connectivity index is 1.98. The van der Waals surface area contributed by atoms with Gasteiger partial charge >= 0.3 is 0 Å². The molecule has 8 heteroatoms. The molecule has 1 aliphatic rings. The fourth-order valence-electron chi connectivity index (χ4n) is 2.03. The second-order valence-electron chi connectivity index (χ2n) is 4.28. The molecule has 1 fully saturated rings. The Morgan fingerprint density at radius 3 is 3.21 bits per heavy atom. The van der Waals surface area contributed by atoms with E-state index in [1.807, 2.05) is 0 Å². The zero-order chi connectivity index (χ0) is 13.8. The number of halogens is 2. The molecule has 19 heavy (non-hydrogen) atoms. The van der Waals surface area contributed by atoms with Crippen molar-refractivity contribution in [2.45, 2.75) is 18.9 Å². The predicted octanol–water partition coefficient (Wildman–Crippen LogP) is 1.28. The molecule has 2 rings (SSSR count). The van der Waals surface area contributed by atoms with Crippen LogP contribution in [0.15, 0.2) is 6.20 Å². The van der Waals surface area contributed by atoms with E-state index < -0.39 is 5.82 Å². The largest absolute Gasteiger partial charge is 0.352 e. The number of carbonyl (C=O) groups is 1. The van der Waals surface area contributed by atoms with Crippen molar-refractivity contribution in [3.63, 3.8) is 0 Å². The van der Waals surface area contributed by atoms with Gasteiger partial charge in [0.1, 0.15) is 0 Å². The van der Waals surface area contributed by atoms with E-state index in [2.05, 4.69) is 27.9 Å². The second kappa shape index (κ2) is 6.38. The monoisotopic (exact) mass is 304 g/mol. The van der Waals surface area contributed by atoms with Crippen LogP contribution in [0.4, 0.5) is 10.2 Å². The number of anilines is 1. The molecular formula is C11H14ClFN4OS. The zero-order valence-corrected chi connectivity index (χ0v) is 11.8. The van der Waals surface area contributed by atoms with Gasteiger partial charge in [-0.05, 0) is 23.8 Å². The summed E-state index contributed by atoms with van der Waals surface area (Å²) in [5.41, 5.74) is 0. The highest BCUT2D eigenvalue weighted by Gasteiger charge is 2.26. The Bertz CT molecular complexity index is 476. The molecule has 0 aromatic carbocycles. The number of hydrogen-bond acceptors (Lipinski definition) is 5. The number of carbonyl (C=O) groups excluding carboxylic acids is 1. The molecule has 0 saturated carbocycles. The van der Waals surface area contributed by atoms with Crippen LogP contribution in [0.25, 0.3) is 0 Å². The van der Waals surface area contributed by atoms with E-state index >= 15 is 0 Å². The average Bonchev–Trinajstić information content (AvgIpc) is 2.81. The van der Waals surface area contributed by atoms with Crippen LogP contribution in [-0.2, 0) is 4.79 Å². The van der Waals surface area contributed by atoms with Gasteiger partial charge in [0, 0.05) is 25.6 Å². The third-order valence-electron chi connectivity index (χ3n) is 2.89. The summed E-state index contributed by atoms with van der Waals surface area (Å²) in [5, 5.41) is 2.90. The summed E-state index contributed by atoms with van der Waals surface area (Å²) in [4.78, 5) is 20.7. The molecule has 1 amide bonds. The zero-order valence-electron chi connectivity index (χ0n) is 10.1. The molecule has 1 aliphatic heterocycles. The summed E-state index contributed by atoms with van der Waals surface area (Å²) in [5.74, 6) is 0.152. The van der Waals surface area contributed by atoms with Crippen molar-refractivity contribution < 1.29 is 9.18 Å². The summed E-state index contributed by atoms with van der Waals surface area (Å²) < 4.78 is 13.6. The van der Waals surface area contributed by atoms with Gasteiger partial charge < -0.3 is 10.2 Å². The number of nitrogens with one attached hydrogen (secondary N) is 1. The summed E-state index contributed by atoms with van der Waals surface area (Å²) >= 11 is 9.67. The molecule has 1 aromatic heterocycles. The lowest BCUT2D eigenvalue weighted by molar-refractivity contribution is -0.121. The van der Waals surface area contributed by atoms with Gasteiger partial charge in [-0.1, -0.05) is 0 Å². The average molecular weight is 305 g/mol. The number of nitrogens with zero attached hydrogens (tertiary/aromatic N) is 3. The molecule has 1 saturated heterocycles. The van der Waals surface area contributed by atoms with E-state index in [9.17, 15) is 9.18 Å². The molecule has 0 radical (unpaired) electrons. The van der Waals surface area contributed by atoms with E-state index in [4.69, 9.17) is 11.6 Å². The summed E-state index contributed by atoms with van der Waals surface area (Å²) in [7, 11) is 0. The number of aromatic nitrogens is 2. The van der Waals surface area contributed by atoms with Crippen LogP contribution in [0.2, 0.25) is 5.28 Å². The third-order valence-corrected chi connectivity index (χ3v) is 3.29. The van der Waals surface area contributed by atoms with Gasteiger partial charge in [0.05, 0.1) is 6.20 Å².